The predicted molar refractivity (Wildman–Crippen MR) is 146 cm³/mol. The van der Waals surface area contributed by atoms with Crippen LogP contribution in [0.5, 0.6) is 0 Å². The molecule has 4 rings (SSSR count). The molecule has 15 heteroatoms. The van der Waals surface area contributed by atoms with E-state index in [1.165, 1.54) is 12.1 Å². The highest BCUT2D eigenvalue weighted by Crippen LogP contribution is 2.34. The Hall–Kier alpha value is -3.56. The molecule has 1 fully saturated rings. The molecule has 3 amide bonds. The molecule has 1 heterocycles. The first kappa shape index (κ1) is 30.4. The summed E-state index contributed by atoms with van der Waals surface area (Å²) >= 11 is 0.990. The number of nitrogens with one attached hydrogen (secondary N) is 3. The molecule has 0 aliphatic heterocycles. The van der Waals surface area contributed by atoms with Crippen molar-refractivity contribution in [1.29, 1.82) is 0 Å². The number of aliphatic hydroxyl groups excluding tert-OH is 1. The summed E-state index contributed by atoms with van der Waals surface area (Å²) < 4.78 is 63.9. The predicted octanol–water partition coefficient (Wildman–Crippen LogP) is 2.49. The molecule has 2 aromatic carbocycles. The highest BCUT2D eigenvalue weighted by atomic mass is 32.2. The number of halogens is 3. The quantitative estimate of drug-likeness (QED) is 0.245. The molecule has 0 saturated heterocycles. The largest absolute Gasteiger partial charge is 0.405 e. The van der Waals surface area contributed by atoms with Gasteiger partial charge in [0.25, 0.3) is 5.91 Å². The number of benzene rings is 2. The zero-order valence-electron chi connectivity index (χ0n) is 21.5. The summed E-state index contributed by atoms with van der Waals surface area (Å²) in [5, 5.41) is 14.4. The molecule has 1 aliphatic carbocycles. The van der Waals surface area contributed by atoms with Crippen LogP contribution in [0, 0.1) is 0 Å². The van der Waals surface area contributed by atoms with Crippen molar-refractivity contribution in [3.63, 3.8) is 0 Å². The lowest BCUT2D eigenvalue weighted by Crippen LogP contribution is -2.41. The molecule has 10 nitrogen and oxygen atoms in total. The lowest BCUT2D eigenvalue weighted by Gasteiger charge is -2.15. The van der Waals surface area contributed by atoms with Crippen LogP contribution in [0.25, 0.3) is 21.3 Å². The van der Waals surface area contributed by atoms with Gasteiger partial charge in [-0.15, -0.1) is 11.3 Å². The van der Waals surface area contributed by atoms with E-state index in [4.69, 9.17) is 5.11 Å². The number of hydrogen-bond acceptors (Lipinski definition) is 8. The third-order valence-electron chi connectivity index (χ3n) is 6.11. The van der Waals surface area contributed by atoms with E-state index in [0.29, 0.717) is 21.3 Å². The molecular formula is C26H27F3N4O6S2. The molecule has 0 bridgehead atoms. The molecule has 1 unspecified atom stereocenters. The monoisotopic (exact) mass is 612 g/mol. The van der Waals surface area contributed by atoms with E-state index in [2.05, 4.69) is 15.6 Å². The maximum Gasteiger partial charge on any atom is 0.405 e. The van der Waals surface area contributed by atoms with Crippen LogP contribution in [0.1, 0.15) is 39.9 Å². The van der Waals surface area contributed by atoms with Crippen molar-refractivity contribution < 1.29 is 41.1 Å². The molecule has 4 N–H and O–H groups in total. The Kier molecular flexibility index (Phi) is 9.29. The fourth-order valence-corrected chi connectivity index (χ4v) is 7.02. The number of alkyl halides is 3. The highest BCUT2D eigenvalue weighted by Gasteiger charge is 2.37. The second kappa shape index (κ2) is 12.5. The van der Waals surface area contributed by atoms with Gasteiger partial charge < -0.3 is 21.1 Å². The van der Waals surface area contributed by atoms with Gasteiger partial charge in [0.1, 0.15) is 11.6 Å². The minimum atomic E-state index is -4.53. The van der Waals surface area contributed by atoms with Crippen molar-refractivity contribution in [3.8, 4) is 11.1 Å². The number of aliphatic hydroxyl groups is 1. The van der Waals surface area contributed by atoms with Gasteiger partial charge in [0.2, 0.25) is 11.8 Å². The standard InChI is InChI=1S/C26H27F3N4O6S2/c27-26(28,29)14-31-23(36)16-4-2-15(3-5-16)17-6-9-19-20(12-17)40-25(33-19)22(41(38,39)11-1-10-34)24(37)30-13-21(35)32-18-7-8-18/h2-6,9,12,18,22,34H,1,7-8,10-11,13-14H2,(H,30,37)(H,31,36)(H,32,35). The van der Waals surface area contributed by atoms with Crippen molar-refractivity contribution >= 4 is 49.1 Å². The van der Waals surface area contributed by atoms with Gasteiger partial charge in [0.05, 0.1) is 22.5 Å². The van der Waals surface area contributed by atoms with Gasteiger partial charge in [-0.2, -0.15) is 13.2 Å². The van der Waals surface area contributed by atoms with Crippen molar-refractivity contribution in [3.05, 3.63) is 53.0 Å². The van der Waals surface area contributed by atoms with Gasteiger partial charge in [-0.3, -0.25) is 14.4 Å². The van der Waals surface area contributed by atoms with Crippen LogP contribution in [0.2, 0.25) is 0 Å². The third kappa shape index (κ3) is 8.24. The van der Waals surface area contributed by atoms with E-state index in [1.807, 2.05) is 5.32 Å². The summed E-state index contributed by atoms with van der Waals surface area (Å²) in [6.45, 7) is -2.22. The second-order valence-electron chi connectivity index (χ2n) is 9.49. The average molecular weight is 613 g/mol. The third-order valence-corrected chi connectivity index (χ3v) is 9.35. The smallest absolute Gasteiger partial charge is 0.396 e. The normalized spacial score (nSPS) is 14.4. The van der Waals surface area contributed by atoms with E-state index in [9.17, 15) is 36.0 Å². The zero-order valence-corrected chi connectivity index (χ0v) is 23.2. The van der Waals surface area contributed by atoms with Crippen LogP contribution in [-0.2, 0) is 19.4 Å². The Bertz CT molecular complexity index is 1540. The summed E-state index contributed by atoms with van der Waals surface area (Å²) in [6.07, 6.45) is -2.89. The molecule has 220 valence electrons. The number of hydrogen-bond donors (Lipinski definition) is 4. The number of rotatable bonds is 12. The van der Waals surface area contributed by atoms with Gasteiger partial charge in [-0.1, -0.05) is 18.2 Å². The first-order valence-electron chi connectivity index (χ1n) is 12.6. The van der Waals surface area contributed by atoms with Crippen LogP contribution >= 0.6 is 11.3 Å². The Labute approximate surface area is 237 Å². The molecule has 41 heavy (non-hydrogen) atoms. The molecule has 1 atom stereocenters. The second-order valence-corrected chi connectivity index (χ2v) is 12.8. The molecule has 1 saturated carbocycles. The summed E-state index contributed by atoms with van der Waals surface area (Å²) in [6, 6.07) is 11.0. The lowest BCUT2D eigenvalue weighted by molar-refractivity contribution is -0.126. The fraction of sp³-hybridized carbons (Fsp3) is 0.385. The summed E-state index contributed by atoms with van der Waals surface area (Å²) in [7, 11) is -4.10. The molecule has 1 aromatic heterocycles. The van der Waals surface area contributed by atoms with Crippen molar-refractivity contribution in [1.82, 2.24) is 20.9 Å². The first-order valence-corrected chi connectivity index (χ1v) is 15.1. The van der Waals surface area contributed by atoms with Crippen LogP contribution < -0.4 is 16.0 Å². The SMILES string of the molecule is O=C(CNC(=O)C(c1nc2ccc(-c3ccc(C(=O)NCC(F)(F)F)cc3)cc2s1)S(=O)(=O)CCCO)NC1CC1. The van der Waals surface area contributed by atoms with Crippen molar-refractivity contribution in [2.24, 2.45) is 0 Å². The lowest BCUT2D eigenvalue weighted by atomic mass is 10.0. The fourth-order valence-electron chi connectivity index (χ4n) is 3.91. The molecule has 0 spiro atoms. The molecule has 1 aliphatic rings. The van der Waals surface area contributed by atoms with Gasteiger partial charge in [0, 0.05) is 18.2 Å². The Morgan fingerprint density at radius 2 is 1.73 bits per heavy atom. The van der Waals surface area contributed by atoms with Crippen LogP contribution in [0.15, 0.2) is 42.5 Å². The van der Waals surface area contributed by atoms with E-state index in [-0.39, 0.29) is 36.2 Å². The number of aromatic nitrogens is 1. The molecular weight excluding hydrogens is 585 g/mol. The van der Waals surface area contributed by atoms with Crippen LogP contribution in [0.4, 0.5) is 13.2 Å². The van der Waals surface area contributed by atoms with Crippen LogP contribution in [0.3, 0.4) is 0 Å². The molecule has 3 aromatic rings. The first-order chi connectivity index (χ1) is 19.4. The number of amides is 3. The van der Waals surface area contributed by atoms with E-state index < -0.39 is 51.3 Å². The Morgan fingerprint density at radius 3 is 2.37 bits per heavy atom. The summed E-state index contributed by atoms with van der Waals surface area (Å²) in [4.78, 5) is 41.4. The van der Waals surface area contributed by atoms with E-state index >= 15 is 0 Å². The summed E-state index contributed by atoms with van der Waals surface area (Å²) in [5.74, 6) is -2.65. The highest BCUT2D eigenvalue weighted by molar-refractivity contribution is 7.92. The van der Waals surface area contributed by atoms with Gasteiger partial charge in [0.15, 0.2) is 15.1 Å². The minimum Gasteiger partial charge on any atom is -0.396 e. The Morgan fingerprint density at radius 1 is 1.05 bits per heavy atom. The number of sulfone groups is 1. The number of carbonyl (C=O) groups excluding carboxylic acids is 3. The van der Waals surface area contributed by atoms with Crippen LogP contribution in [-0.4, -0.2) is 73.9 Å². The van der Waals surface area contributed by atoms with Crippen molar-refractivity contribution in [2.45, 2.75) is 36.7 Å². The minimum absolute atomic E-state index is 0.00637. The summed E-state index contributed by atoms with van der Waals surface area (Å²) in [5.41, 5.74) is 1.78. The number of nitrogens with zero attached hydrogens (tertiary/aromatic N) is 1. The van der Waals surface area contributed by atoms with Gasteiger partial charge in [-0.05, 0) is 54.7 Å². The van der Waals surface area contributed by atoms with Gasteiger partial charge in [-0.25, -0.2) is 13.4 Å². The maximum absolute atomic E-state index is 13.1. The number of fused-ring (bicyclic) bond motifs is 1. The maximum atomic E-state index is 13.1. The average Bonchev–Trinajstić information content (AvgIpc) is 3.64. The number of carbonyl (C=O) groups is 3. The topological polar surface area (TPSA) is 155 Å². The number of thiazole rings is 1. The van der Waals surface area contributed by atoms with E-state index in [1.54, 1.807) is 30.3 Å². The van der Waals surface area contributed by atoms with Crippen molar-refractivity contribution in [2.75, 3.05) is 25.4 Å². The zero-order chi connectivity index (χ0) is 29.8. The van der Waals surface area contributed by atoms with E-state index in [0.717, 1.165) is 24.2 Å². The molecule has 0 radical (unpaired) electrons. The Balaban J connectivity index is 1.55. The van der Waals surface area contributed by atoms with Gasteiger partial charge >= 0.3 is 6.18 Å².